The maximum Gasteiger partial charge on any atom is 0.0728 e. The van der Waals surface area contributed by atoms with Crippen LogP contribution in [0.5, 0.6) is 0 Å². The number of pyridine rings is 1. The Balaban J connectivity index is 2.67. The number of benzene rings is 1. The number of nitrogens with one attached hydrogen (secondary N) is 1. The second kappa shape index (κ2) is 4.59. The van der Waals surface area contributed by atoms with Crippen molar-refractivity contribution in [2.75, 3.05) is 24.4 Å². The van der Waals surface area contributed by atoms with Crippen LogP contribution in [-0.2, 0) is 6.42 Å². The molecule has 1 aromatic carbocycles. The minimum Gasteiger partial charge on any atom is -0.378 e. The fourth-order valence-corrected chi connectivity index (χ4v) is 1.85. The molecule has 4 nitrogen and oxygen atoms in total. The van der Waals surface area contributed by atoms with Crippen molar-refractivity contribution in [3.63, 3.8) is 0 Å². The highest BCUT2D eigenvalue weighted by Crippen LogP contribution is 2.26. The monoisotopic (exact) mass is 230 g/mol. The zero-order valence-electron chi connectivity index (χ0n) is 10.5. The van der Waals surface area contributed by atoms with Crippen molar-refractivity contribution >= 4 is 22.3 Å². The van der Waals surface area contributed by atoms with E-state index in [1.165, 1.54) is 0 Å². The molecule has 90 valence electrons. The van der Waals surface area contributed by atoms with Gasteiger partial charge in [0.25, 0.3) is 0 Å². The van der Waals surface area contributed by atoms with E-state index < -0.39 is 0 Å². The Morgan fingerprint density at radius 3 is 2.65 bits per heavy atom. The van der Waals surface area contributed by atoms with E-state index in [4.69, 9.17) is 5.84 Å². The summed E-state index contributed by atoms with van der Waals surface area (Å²) in [6.07, 6.45) is 0.903. The van der Waals surface area contributed by atoms with Crippen molar-refractivity contribution in [2.45, 2.75) is 13.3 Å². The van der Waals surface area contributed by atoms with Gasteiger partial charge in [0.15, 0.2) is 0 Å². The number of rotatable bonds is 3. The largest absolute Gasteiger partial charge is 0.378 e. The van der Waals surface area contributed by atoms with Gasteiger partial charge in [0.1, 0.15) is 0 Å². The number of nitrogens with two attached hydrogens (primary N) is 1. The van der Waals surface area contributed by atoms with Crippen molar-refractivity contribution in [1.82, 2.24) is 4.98 Å². The highest BCUT2D eigenvalue weighted by Gasteiger charge is 2.06. The molecule has 0 bridgehead atoms. The molecule has 2 aromatic rings. The van der Waals surface area contributed by atoms with Crippen molar-refractivity contribution in [1.29, 1.82) is 0 Å². The van der Waals surface area contributed by atoms with E-state index in [0.29, 0.717) is 0 Å². The lowest BCUT2D eigenvalue weighted by atomic mass is 10.1. The van der Waals surface area contributed by atoms with Gasteiger partial charge in [-0.3, -0.25) is 10.8 Å². The molecule has 0 saturated carbocycles. The first kappa shape index (κ1) is 11.7. The van der Waals surface area contributed by atoms with E-state index in [2.05, 4.69) is 34.4 Å². The number of hydrazine groups is 1. The molecule has 0 fully saturated rings. The van der Waals surface area contributed by atoms with Gasteiger partial charge in [-0.2, -0.15) is 0 Å². The molecule has 1 aromatic heterocycles. The third-order valence-electron chi connectivity index (χ3n) is 2.88. The fraction of sp³-hybridized carbons (Fsp3) is 0.308. The van der Waals surface area contributed by atoms with Gasteiger partial charge in [0.05, 0.1) is 11.2 Å². The molecule has 17 heavy (non-hydrogen) atoms. The highest BCUT2D eigenvalue weighted by atomic mass is 15.2. The summed E-state index contributed by atoms with van der Waals surface area (Å²) in [4.78, 5) is 6.65. The third kappa shape index (κ3) is 2.17. The Morgan fingerprint density at radius 2 is 2.06 bits per heavy atom. The van der Waals surface area contributed by atoms with Gasteiger partial charge >= 0.3 is 0 Å². The van der Waals surface area contributed by atoms with E-state index in [-0.39, 0.29) is 0 Å². The molecule has 1 heterocycles. The van der Waals surface area contributed by atoms with Crippen LogP contribution < -0.4 is 16.2 Å². The van der Waals surface area contributed by atoms with Crippen LogP contribution in [0.1, 0.15) is 12.6 Å². The maximum absolute atomic E-state index is 5.57. The van der Waals surface area contributed by atoms with Crippen molar-refractivity contribution in [3.05, 3.63) is 30.0 Å². The topological polar surface area (TPSA) is 54.2 Å². The lowest BCUT2D eigenvalue weighted by Gasteiger charge is -2.15. The predicted octanol–water partition coefficient (Wildman–Crippen LogP) is 2.15. The van der Waals surface area contributed by atoms with Crippen molar-refractivity contribution in [2.24, 2.45) is 5.84 Å². The first-order chi connectivity index (χ1) is 8.15. The van der Waals surface area contributed by atoms with Crippen LogP contribution in [0, 0.1) is 0 Å². The zero-order valence-corrected chi connectivity index (χ0v) is 10.5. The molecule has 0 unspecified atom stereocenters. The summed E-state index contributed by atoms with van der Waals surface area (Å²) in [5.74, 6) is 5.57. The Bertz CT molecular complexity index is 534. The van der Waals surface area contributed by atoms with Gasteiger partial charge in [0.2, 0.25) is 0 Å². The number of hydrogen-bond acceptors (Lipinski definition) is 4. The second-order valence-electron chi connectivity index (χ2n) is 4.25. The average molecular weight is 230 g/mol. The minimum atomic E-state index is 0.903. The third-order valence-corrected chi connectivity index (χ3v) is 2.88. The summed E-state index contributed by atoms with van der Waals surface area (Å²) in [5, 5.41) is 1.05. The molecular weight excluding hydrogens is 212 g/mol. The SMILES string of the molecule is CCc1cc(NN)c2cc(N(C)C)ccc2n1. The number of anilines is 2. The molecule has 3 N–H and O–H groups in total. The summed E-state index contributed by atoms with van der Waals surface area (Å²) in [7, 11) is 4.04. The standard InChI is InChI=1S/C13H18N4/c1-4-9-7-13(16-14)11-8-10(17(2)3)5-6-12(11)15-9/h5-8H,4,14H2,1-3H3,(H,15,16). The molecule has 0 amide bonds. The second-order valence-corrected chi connectivity index (χ2v) is 4.25. The fourth-order valence-electron chi connectivity index (χ4n) is 1.85. The Morgan fingerprint density at radius 1 is 1.29 bits per heavy atom. The molecule has 0 radical (unpaired) electrons. The first-order valence-electron chi connectivity index (χ1n) is 5.73. The van der Waals surface area contributed by atoms with Crippen LogP contribution in [0.3, 0.4) is 0 Å². The molecular formula is C13H18N4. The van der Waals surface area contributed by atoms with E-state index in [1.54, 1.807) is 0 Å². The summed E-state index contributed by atoms with van der Waals surface area (Å²) >= 11 is 0. The maximum atomic E-state index is 5.57. The van der Waals surface area contributed by atoms with Gasteiger partial charge < -0.3 is 10.3 Å². The number of hydrogen-bond donors (Lipinski definition) is 2. The van der Waals surface area contributed by atoms with Gasteiger partial charge in [-0.05, 0) is 30.7 Å². The van der Waals surface area contributed by atoms with Crippen molar-refractivity contribution < 1.29 is 0 Å². The zero-order chi connectivity index (χ0) is 12.4. The lowest BCUT2D eigenvalue weighted by Crippen LogP contribution is -2.10. The first-order valence-corrected chi connectivity index (χ1v) is 5.73. The number of aromatic nitrogens is 1. The van der Waals surface area contributed by atoms with Crippen molar-refractivity contribution in [3.8, 4) is 0 Å². The molecule has 2 rings (SSSR count). The van der Waals surface area contributed by atoms with E-state index in [0.717, 1.165) is 34.4 Å². The predicted molar refractivity (Wildman–Crippen MR) is 73.3 cm³/mol. The van der Waals surface area contributed by atoms with Gasteiger partial charge in [0, 0.05) is 30.9 Å². The molecule has 0 aliphatic rings. The van der Waals surface area contributed by atoms with Crippen LogP contribution >= 0.6 is 0 Å². The van der Waals surface area contributed by atoms with Gasteiger partial charge in [-0.25, -0.2) is 0 Å². The van der Waals surface area contributed by atoms with Crippen LogP contribution in [0.4, 0.5) is 11.4 Å². The number of aryl methyl sites for hydroxylation is 1. The Kier molecular flexibility index (Phi) is 3.15. The molecule has 0 aliphatic carbocycles. The van der Waals surface area contributed by atoms with E-state index in [9.17, 15) is 0 Å². The minimum absolute atomic E-state index is 0.903. The molecule has 4 heteroatoms. The van der Waals surface area contributed by atoms with E-state index in [1.807, 2.05) is 26.2 Å². The normalized spacial score (nSPS) is 10.6. The lowest BCUT2D eigenvalue weighted by molar-refractivity contribution is 1.05. The molecule has 0 spiro atoms. The quantitative estimate of drug-likeness (QED) is 0.626. The molecule has 0 saturated heterocycles. The number of fused-ring (bicyclic) bond motifs is 1. The van der Waals surface area contributed by atoms with Gasteiger partial charge in [-0.15, -0.1) is 0 Å². The molecule has 0 aliphatic heterocycles. The Labute approximate surface area is 101 Å². The summed E-state index contributed by atoms with van der Waals surface area (Å²) in [6.45, 7) is 2.09. The highest BCUT2D eigenvalue weighted by molar-refractivity contribution is 5.93. The van der Waals surface area contributed by atoms with Crippen LogP contribution in [0.15, 0.2) is 24.3 Å². The summed E-state index contributed by atoms with van der Waals surface area (Å²) in [6, 6.07) is 8.19. The summed E-state index contributed by atoms with van der Waals surface area (Å²) in [5.41, 5.74) is 6.84. The Hall–Kier alpha value is -1.81. The van der Waals surface area contributed by atoms with E-state index >= 15 is 0 Å². The average Bonchev–Trinajstić information content (AvgIpc) is 2.36. The van der Waals surface area contributed by atoms with Crippen LogP contribution in [0.2, 0.25) is 0 Å². The molecule has 0 atom stereocenters. The number of nitrogens with zero attached hydrogens (tertiary/aromatic N) is 2. The van der Waals surface area contributed by atoms with Gasteiger partial charge in [-0.1, -0.05) is 6.92 Å². The number of nitrogen functional groups attached to an aromatic ring is 1. The smallest absolute Gasteiger partial charge is 0.0728 e. The van der Waals surface area contributed by atoms with Crippen LogP contribution in [-0.4, -0.2) is 19.1 Å². The van der Waals surface area contributed by atoms with Crippen LogP contribution in [0.25, 0.3) is 10.9 Å². The summed E-state index contributed by atoms with van der Waals surface area (Å²) < 4.78 is 0.